The lowest BCUT2D eigenvalue weighted by Crippen LogP contribution is -2.35. The fourth-order valence-corrected chi connectivity index (χ4v) is 13.3. The predicted molar refractivity (Wildman–Crippen MR) is 348 cm³/mol. The average Bonchev–Trinajstić information content (AvgIpc) is 1.83. The largest absolute Gasteiger partial charge is 0.458 e. The molecule has 8 aromatic carbocycles. The molecule has 11 aromatic rings. The number of ether oxygens (including phenoxy) is 1. The summed E-state index contributed by atoms with van der Waals surface area (Å²) in [6.07, 6.45) is 8.37. The molecule has 3 aromatic heterocycles. The first kappa shape index (κ1) is 54.2. The van der Waals surface area contributed by atoms with Crippen molar-refractivity contribution < 1.29 is 9.30 Å². The molecule has 4 heterocycles. The van der Waals surface area contributed by atoms with Gasteiger partial charge in [0.15, 0.2) is 0 Å². The Balaban J connectivity index is 1.08. The van der Waals surface area contributed by atoms with Gasteiger partial charge in [0, 0.05) is 23.0 Å². The van der Waals surface area contributed by atoms with E-state index >= 15 is 0 Å². The molecule has 0 bridgehead atoms. The lowest BCUT2D eigenvalue weighted by molar-refractivity contribution is -0.572. The maximum absolute atomic E-state index is 7.05. The lowest BCUT2D eigenvalue weighted by Gasteiger charge is -2.42. The Hall–Kier alpha value is -8.02. The summed E-state index contributed by atoms with van der Waals surface area (Å²) >= 11 is 0. The highest BCUT2D eigenvalue weighted by molar-refractivity contribution is 6.09. The third-order valence-corrected chi connectivity index (χ3v) is 18.4. The van der Waals surface area contributed by atoms with Gasteiger partial charge in [-0.2, -0.15) is 0 Å². The van der Waals surface area contributed by atoms with Crippen molar-refractivity contribution in [3.8, 4) is 73.2 Å². The molecule has 0 atom stereocenters. The minimum absolute atomic E-state index is 0.00732. The van der Waals surface area contributed by atoms with Gasteiger partial charge in [0.25, 0.3) is 6.33 Å². The maximum Gasteiger partial charge on any atom is 0.269 e. The van der Waals surface area contributed by atoms with Gasteiger partial charge < -0.3 is 4.74 Å². The van der Waals surface area contributed by atoms with Crippen LogP contribution in [0.25, 0.3) is 94.5 Å². The van der Waals surface area contributed by atoms with Gasteiger partial charge in [0.1, 0.15) is 17.3 Å². The predicted octanol–water partition coefficient (Wildman–Crippen LogP) is 20.5. The van der Waals surface area contributed by atoms with Crippen LogP contribution in [0.1, 0.15) is 157 Å². The number of hydrogen-bond acceptors (Lipinski definition) is 2. The van der Waals surface area contributed by atoms with E-state index in [0.717, 1.165) is 74.5 Å². The van der Waals surface area contributed by atoms with Gasteiger partial charge in [-0.05, 0) is 184 Å². The standard InChI is InChI=1S/C78H80N4O/c1-73(2,3)50-33-36-79-70(42-50)82-67-30-20-19-27-58(67)59-32-31-55(44-68(59)82)83-54-24-21-23-53(43-54)80-47-81-71-60(28-22-29-64(71)76(10,11)12)62-46-66-65(77(13,14)34-35-78(66,15)16)45-61(62)56-25-17-18-26-57(56)63-39-49(40-69(80)72(63)81)48-37-51(74(4,5)6)41-52(38-48)75(7,8)9/h17-33,36-46H,34-35H2,1-16H3. The highest BCUT2D eigenvalue weighted by Gasteiger charge is 2.39. The van der Waals surface area contributed by atoms with Crippen LogP contribution in [0.5, 0.6) is 11.5 Å². The highest BCUT2D eigenvalue weighted by Crippen LogP contribution is 2.53. The van der Waals surface area contributed by atoms with Crippen LogP contribution in [0.15, 0.2) is 170 Å². The number of para-hydroxylation sites is 2. The van der Waals surface area contributed by atoms with Crippen LogP contribution in [0.2, 0.25) is 0 Å². The molecule has 13 rings (SSSR count). The van der Waals surface area contributed by atoms with Crippen molar-refractivity contribution in [1.29, 1.82) is 0 Å². The van der Waals surface area contributed by atoms with Gasteiger partial charge in [0.05, 0.1) is 33.4 Å². The summed E-state index contributed by atoms with van der Waals surface area (Å²) in [6, 6.07) is 61.6. The first-order chi connectivity index (χ1) is 39.1. The fraction of sp³-hybridized carbons (Fsp3) is 0.308. The minimum Gasteiger partial charge on any atom is -0.458 e. The normalized spacial score (nSPS) is 14.8. The first-order valence-corrected chi connectivity index (χ1v) is 30.1. The smallest absolute Gasteiger partial charge is 0.269 e. The Morgan fingerprint density at radius 3 is 1.70 bits per heavy atom. The number of benzene rings is 8. The van der Waals surface area contributed by atoms with Crippen molar-refractivity contribution in [3.05, 3.63) is 210 Å². The third-order valence-electron chi connectivity index (χ3n) is 18.4. The lowest BCUT2D eigenvalue weighted by atomic mass is 9.62. The summed E-state index contributed by atoms with van der Waals surface area (Å²) in [7, 11) is 0. The quantitative estimate of drug-likeness (QED) is 0.127. The second-order valence-electron chi connectivity index (χ2n) is 29.5. The van der Waals surface area contributed by atoms with Crippen molar-refractivity contribution in [2.24, 2.45) is 0 Å². The zero-order valence-corrected chi connectivity index (χ0v) is 51.8. The summed E-state index contributed by atoms with van der Waals surface area (Å²) in [4.78, 5) is 4.97. The van der Waals surface area contributed by atoms with Crippen LogP contribution < -0.4 is 9.30 Å². The van der Waals surface area contributed by atoms with Gasteiger partial charge in [-0.25, -0.2) is 4.98 Å². The molecule has 0 saturated heterocycles. The van der Waals surface area contributed by atoms with Crippen molar-refractivity contribution in [3.63, 3.8) is 0 Å². The van der Waals surface area contributed by atoms with E-state index in [1.807, 2.05) is 6.20 Å². The molecule has 0 fully saturated rings. The molecule has 1 aliphatic heterocycles. The summed E-state index contributed by atoms with van der Waals surface area (Å²) in [6.45, 7) is 37.6. The number of rotatable bonds is 5. The maximum atomic E-state index is 7.05. The molecule has 0 N–H and O–H groups in total. The van der Waals surface area contributed by atoms with Crippen molar-refractivity contribution in [1.82, 2.24) is 14.1 Å². The zero-order chi connectivity index (χ0) is 58.5. The molecule has 5 heteroatoms. The molecule has 1 aliphatic carbocycles. The second-order valence-corrected chi connectivity index (χ2v) is 29.5. The topological polar surface area (TPSA) is 35.9 Å². The number of hydrogen-bond donors (Lipinski definition) is 0. The summed E-state index contributed by atoms with van der Waals surface area (Å²) in [5.74, 6) is 2.36. The van der Waals surface area contributed by atoms with E-state index < -0.39 is 0 Å². The Morgan fingerprint density at radius 1 is 0.458 bits per heavy atom. The Labute approximate surface area is 492 Å². The van der Waals surface area contributed by atoms with E-state index in [4.69, 9.17) is 9.72 Å². The molecule has 0 unspecified atom stereocenters. The molecule has 83 heavy (non-hydrogen) atoms. The van der Waals surface area contributed by atoms with Gasteiger partial charge >= 0.3 is 0 Å². The van der Waals surface area contributed by atoms with E-state index in [1.54, 1.807) is 0 Å². The average molecular weight is 1090 g/mol. The van der Waals surface area contributed by atoms with Crippen LogP contribution in [-0.4, -0.2) is 14.1 Å². The summed E-state index contributed by atoms with van der Waals surface area (Å²) in [5, 5.41) is 2.33. The Kier molecular flexibility index (Phi) is 12.3. The van der Waals surface area contributed by atoms with Crippen LogP contribution in [0.4, 0.5) is 0 Å². The molecule has 0 radical (unpaired) electrons. The number of nitrogens with zero attached hydrogens (tertiary/aromatic N) is 4. The van der Waals surface area contributed by atoms with Crippen LogP contribution in [0, 0.1) is 6.33 Å². The van der Waals surface area contributed by atoms with Crippen LogP contribution in [-0.2, 0) is 32.5 Å². The number of aromatic nitrogens is 4. The van der Waals surface area contributed by atoms with Gasteiger partial charge in [-0.3, -0.25) is 13.7 Å². The van der Waals surface area contributed by atoms with E-state index in [2.05, 4.69) is 295 Å². The van der Waals surface area contributed by atoms with Gasteiger partial charge in [-0.15, -0.1) is 0 Å². The second kappa shape index (κ2) is 18.7. The molecule has 5 nitrogen and oxygen atoms in total. The Bertz CT molecular complexity index is 4420. The van der Waals surface area contributed by atoms with Crippen LogP contribution >= 0.6 is 0 Å². The van der Waals surface area contributed by atoms with E-state index in [1.165, 1.54) is 77.7 Å². The summed E-state index contributed by atoms with van der Waals surface area (Å²) in [5.41, 5.74) is 23.8. The van der Waals surface area contributed by atoms with Crippen molar-refractivity contribution in [2.45, 2.75) is 156 Å². The first-order valence-electron chi connectivity index (χ1n) is 30.1. The molecule has 418 valence electrons. The minimum atomic E-state index is -0.222. The SMILES string of the molecule is CC(C)(C)c1cc(-c2cc3c4c(c2)n(-c2cccc(Oc5ccc6c7ccccc7n(-c7cc(C(C)(C)C)ccn7)c6c5)c2)[c-][n+]4-c2c(cccc2C(C)(C)C)-c2cc4c(cc2-c2ccccc2-3)C(C)(C)CCC4(C)C)cc(C(C)(C)C)c1. The zero-order valence-electron chi connectivity index (χ0n) is 51.8. The molecular formula is C78H80N4O. The van der Waals surface area contributed by atoms with Crippen LogP contribution in [0.3, 0.4) is 0 Å². The third kappa shape index (κ3) is 9.21. The number of pyridine rings is 1. The highest BCUT2D eigenvalue weighted by atomic mass is 16.5. The van der Waals surface area contributed by atoms with E-state index in [9.17, 15) is 0 Å². The molecule has 0 spiro atoms. The summed E-state index contributed by atoms with van der Waals surface area (Å²) < 4.78 is 14.1. The molecule has 0 amide bonds. The van der Waals surface area contributed by atoms with Gasteiger partial charge in [-0.1, -0.05) is 208 Å². The van der Waals surface area contributed by atoms with E-state index in [0.29, 0.717) is 0 Å². The van der Waals surface area contributed by atoms with Crippen molar-refractivity contribution in [2.75, 3.05) is 0 Å². The molecular weight excluding hydrogens is 1010 g/mol. The fourth-order valence-electron chi connectivity index (χ4n) is 13.3. The Morgan fingerprint density at radius 2 is 1.04 bits per heavy atom. The number of fused-ring (bicyclic) bond motifs is 11. The molecule has 2 aliphatic rings. The molecule has 0 saturated carbocycles. The number of imidazole rings is 1. The van der Waals surface area contributed by atoms with E-state index in [-0.39, 0.29) is 32.5 Å². The van der Waals surface area contributed by atoms with Crippen molar-refractivity contribution >= 4 is 32.8 Å². The van der Waals surface area contributed by atoms with Gasteiger partial charge in [0.2, 0.25) is 0 Å². The monoisotopic (exact) mass is 1090 g/mol.